The zero-order valence-corrected chi connectivity index (χ0v) is 15.2. The standard InChI is InChI=1S/C18H25BO5/c1-12-13(8-7-9-15(12)16(21)22-6)10-14(11-20)19-23-17(2,3)18(4,5)24-19/h7-10,20H,11H2,1-6H3. The van der Waals surface area contributed by atoms with E-state index in [9.17, 15) is 9.90 Å². The summed E-state index contributed by atoms with van der Waals surface area (Å²) in [6, 6.07) is 5.37. The summed E-state index contributed by atoms with van der Waals surface area (Å²) < 4.78 is 16.8. The summed E-state index contributed by atoms with van der Waals surface area (Å²) in [5, 5.41) is 9.78. The molecule has 24 heavy (non-hydrogen) atoms. The quantitative estimate of drug-likeness (QED) is 0.678. The average molecular weight is 332 g/mol. The fourth-order valence-electron chi connectivity index (χ4n) is 2.52. The fraction of sp³-hybridized carbons (Fsp3) is 0.500. The van der Waals surface area contributed by atoms with Gasteiger partial charge in [-0.2, -0.15) is 0 Å². The van der Waals surface area contributed by atoms with Crippen molar-refractivity contribution in [2.75, 3.05) is 13.7 Å². The fourth-order valence-corrected chi connectivity index (χ4v) is 2.52. The maximum Gasteiger partial charge on any atom is 0.492 e. The Morgan fingerprint density at radius 1 is 1.25 bits per heavy atom. The van der Waals surface area contributed by atoms with Crippen molar-refractivity contribution >= 4 is 19.2 Å². The predicted octanol–water partition coefficient (Wildman–Crippen LogP) is 2.79. The van der Waals surface area contributed by atoms with Gasteiger partial charge >= 0.3 is 13.1 Å². The van der Waals surface area contributed by atoms with Crippen LogP contribution in [0.1, 0.15) is 49.2 Å². The minimum atomic E-state index is -0.624. The highest BCUT2D eigenvalue weighted by Gasteiger charge is 2.52. The van der Waals surface area contributed by atoms with Crippen LogP contribution in [0.25, 0.3) is 6.08 Å². The lowest BCUT2D eigenvalue weighted by Crippen LogP contribution is -2.41. The second-order valence-corrected chi connectivity index (χ2v) is 6.98. The molecule has 1 saturated heterocycles. The zero-order chi connectivity index (χ0) is 18.1. The third kappa shape index (κ3) is 3.41. The molecule has 1 aliphatic rings. The van der Waals surface area contributed by atoms with Gasteiger partial charge in [-0.25, -0.2) is 4.79 Å². The van der Waals surface area contributed by atoms with Crippen molar-refractivity contribution in [3.05, 3.63) is 40.4 Å². The van der Waals surface area contributed by atoms with Gasteiger partial charge in [-0.3, -0.25) is 0 Å². The van der Waals surface area contributed by atoms with E-state index in [1.807, 2.05) is 46.8 Å². The first kappa shape index (κ1) is 18.7. The molecule has 0 atom stereocenters. The van der Waals surface area contributed by atoms with E-state index in [4.69, 9.17) is 14.0 Å². The van der Waals surface area contributed by atoms with Gasteiger partial charge in [0.15, 0.2) is 0 Å². The molecular weight excluding hydrogens is 307 g/mol. The molecule has 1 aromatic carbocycles. The molecule has 5 nitrogen and oxygen atoms in total. The van der Waals surface area contributed by atoms with Crippen molar-refractivity contribution in [2.24, 2.45) is 0 Å². The summed E-state index contributed by atoms with van der Waals surface area (Å²) in [7, 11) is 0.731. The Hall–Kier alpha value is -1.63. The first-order valence-electron chi connectivity index (χ1n) is 7.98. The Labute approximate surface area is 143 Å². The van der Waals surface area contributed by atoms with Gasteiger partial charge in [0, 0.05) is 0 Å². The van der Waals surface area contributed by atoms with Crippen LogP contribution in [0.3, 0.4) is 0 Å². The highest BCUT2D eigenvalue weighted by molar-refractivity contribution is 6.55. The number of carbonyl (C=O) groups excluding carboxylic acids is 1. The minimum Gasteiger partial charge on any atom is -0.465 e. The lowest BCUT2D eigenvalue weighted by Gasteiger charge is -2.32. The number of carbonyl (C=O) groups is 1. The van der Waals surface area contributed by atoms with E-state index in [1.54, 1.807) is 12.1 Å². The number of rotatable bonds is 4. The van der Waals surface area contributed by atoms with Crippen molar-refractivity contribution in [3.63, 3.8) is 0 Å². The van der Waals surface area contributed by atoms with Gasteiger partial charge in [-0.05, 0) is 57.3 Å². The Morgan fingerprint density at radius 3 is 2.33 bits per heavy atom. The van der Waals surface area contributed by atoms with Gasteiger partial charge in [-0.1, -0.05) is 18.2 Å². The number of benzene rings is 1. The maximum atomic E-state index is 11.8. The summed E-state index contributed by atoms with van der Waals surface area (Å²) in [6.07, 6.45) is 1.81. The van der Waals surface area contributed by atoms with Crippen molar-refractivity contribution < 1.29 is 23.9 Å². The van der Waals surface area contributed by atoms with E-state index in [0.29, 0.717) is 11.0 Å². The molecule has 0 aliphatic carbocycles. The predicted molar refractivity (Wildman–Crippen MR) is 93.7 cm³/mol. The Bertz CT molecular complexity index is 647. The SMILES string of the molecule is COC(=O)c1cccc(C=C(CO)B2OC(C)(C)C(C)(C)O2)c1C. The highest BCUT2D eigenvalue weighted by Crippen LogP contribution is 2.38. The molecule has 0 spiro atoms. The molecule has 1 fully saturated rings. The van der Waals surface area contributed by atoms with Crippen LogP contribution in [0.4, 0.5) is 0 Å². The van der Waals surface area contributed by atoms with Gasteiger partial charge in [0.05, 0.1) is 30.5 Å². The Balaban J connectivity index is 2.38. The van der Waals surface area contributed by atoms with E-state index in [1.165, 1.54) is 7.11 Å². The van der Waals surface area contributed by atoms with E-state index in [-0.39, 0.29) is 12.6 Å². The molecule has 1 N–H and O–H groups in total. The number of hydrogen-bond acceptors (Lipinski definition) is 5. The molecule has 0 radical (unpaired) electrons. The zero-order valence-electron chi connectivity index (χ0n) is 15.2. The lowest BCUT2D eigenvalue weighted by atomic mass is 9.77. The number of aliphatic hydroxyl groups is 1. The van der Waals surface area contributed by atoms with Crippen LogP contribution >= 0.6 is 0 Å². The van der Waals surface area contributed by atoms with Gasteiger partial charge in [0.2, 0.25) is 0 Å². The lowest BCUT2D eigenvalue weighted by molar-refractivity contribution is 0.00578. The van der Waals surface area contributed by atoms with Crippen LogP contribution in [0.2, 0.25) is 0 Å². The van der Waals surface area contributed by atoms with Crippen LogP contribution in [-0.4, -0.2) is 43.1 Å². The molecule has 1 heterocycles. The van der Waals surface area contributed by atoms with Crippen molar-refractivity contribution in [3.8, 4) is 0 Å². The third-order valence-electron chi connectivity index (χ3n) is 4.86. The number of hydrogen-bond donors (Lipinski definition) is 1. The molecule has 0 aromatic heterocycles. The summed E-state index contributed by atoms with van der Waals surface area (Å²) >= 11 is 0. The van der Waals surface area contributed by atoms with Crippen LogP contribution in [0.5, 0.6) is 0 Å². The Kier molecular flexibility index (Phi) is 5.23. The molecule has 1 aliphatic heterocycles. The monoisotopic (exact) mass is 332 g/mol. The summed E-state index contributed by atoms with van der Waals surface area (Å²) in [4.78, 5) is 11.8. The first-order chi connectivity index (χ1) is 11.1. The molecule has 1 aromatic rings. The van der Waals surface area contributed by atoms with Gasteiger partial charge in [-0.15, -0.1) is 0 Å². The maximum absolute atomic E-state index is 11.8. The van der Waals surface area contributed by atoms with Crippen LogP contribution in [0.15, 0.2) is 23.7 Å². The minimum absolute atomic E-state index is 0.196. The average Bonchev–Trinajstić information content (AvgIpc) is 2.73. The molecule has 0 unspecified atom stereocenters. The van der Waals surface area contributed by atoms with Crippen LogP contribution < -0.4 is 0 Å². The van der Waals surface area contributed by atoms with Gasteiger partial charge in [0.25, 0.3) is 0 Å². The number of esters is 1. The normalized spacial score (nSPS) is 19.5. The summed E-state index contributed by atoms with van der Waals surface area (Å²) in [5.74, 6) is -0.385. The van der Waals surface area contributed by atoms with E-state index in [0.717, 1.165) is 11.1 Å². The molecule has 2 rings (SSSR count). The second kappa shape index (κ2) is 6.71. The van der Waals surface area contributed by atoms with Crippen molar-refractivity contribution in [2.45, 2.75) is 45.8 Å². The highest BCUT2D eigenvalue weighted by atomic mass is 16.7. The molecule has 130 valence electrons. The van der Waals surface area contributed by atoms with Gasteiger partial charge in [0.1, 0.15) is 0 Å². The topological polar surface area (TPSA) is 65.0 Å². The largest absolute Gasteiger partial charge is 0.492 e. The van der Waals surface area contributed by atoms with E-state index >= 15 is 0 Å². The van der Waals surface area contributed by atoms with Crippen molar-refractivity contribution in [1.29, 1.82) is 0 Å². The third-order valence-corrected chi connectivity index (χ3v) is 4.86. The van der Waals surface area contributed by atoms with Crippen LogP contribution in [-0.2, 0) is 14.0 Å². The second-order valence-electron chi connectivity index (χ2n) is 6.98. The number of aliphatic hydroxyl groups excluding tert-OH is 1. The van der Waals surface area contributed by atoms with Crippen molar-refractivity contribution in [1.82, 2.24) is 0 Å². The molecule has 0 saturated carbocycles. The molecule has 0 bridgehead atoms. The molecular formula is C18H25BO5. The van der Waals surface area contributed by atoms with Gasteiger partial charge < -0.3 is 19.2 Å². The summed E-state index contributed by atoms with van der Waals surface area (Å²) in [5.41, 5.74) is 1.75. The molecule has 0 amide bonds. The van der Waals surface area contributed by atoms with Crippen LogP contribution in [0, 0.1) is 6.92 Å². The summed E-state index contributed by atoms with van der Waals surface area (Å²) in [6.45, 7) is 9.50. The number of ether oxygens (including phenoxy) is 1. The smallest absolute Gasteiger partial charge is 0.465 e. The molecule has 6 heteroatoms. The van der Waals surface area contributed by atoms with E-state index in [2.05, 4.69) is 0 Å². The number of methoxy groups -OCH3 is 1. The Morgan fingerprint density at radius 2 is 1.83 bits per heavy atom. The van der Waals surface area contributed by atoms with E-state index < -0.39 is 18.3 Å². The first-order valence-corrected chi connectivity index (χ1v) is 7.98.